The number of nitrogens with zero attached hydrogens (tertiary/aromatic N) is 1. The number of sulfonamides is 2. The topological polar surface area (TPSA) is 97.8 Å². The monoisotopic (exact) mass is 493 g/mol. The van der Waals surface area contributed by atoms with Crippen LogP contribution >= 0.6 is 11.6 Å². The Hall–Kier alpha value is -2.88. The molecular weight excluding hydrogens is 474 g/mol. The van der Waals surface area contributed by atoms with Gasteiger partial charge in [0.25, 0.3) is 20.0 Å². The van der Waals surface area contributed by atoms with Gasteiger partial charge in [0.15, 0.2) is 0 Å². The van der Waals surface area contributed by atoms with Crippen LogP contribution in [0.3, 0.4) is 0 Å². The third-order valence-corrected chi connectivity index (χ3v) is 8.85. The van der Waals surface area contributed by atoms with Crippen LogP contribution in [0.2, 0.25) is 5.02 Å². The Labute approximate surface area is 192 Å². The molecular formula is C22H20ClNO6S2. The summed E-state index contributed by atoms with van der Waals surface area (Å²) < 4.78 is 58.9. The van der Waals surface area contributed by atoms with Crippen molar-refractivity contribution in [3.63, 3.8) is 0 Å². The van der Waals surface area contributed by atoms with Crippen molar-refractivity contribution in [1.82, 2.24) is 0 Å². The lowest BCUT2D eigenvalue weighted by Gasteiger charge is -2.26. The van der Waals surface area contributed by atoms with Crippen LogP contribution in [-0.2, 0) is 36.3 Å². The van der Waals surface area contributed by atoms with E-state index in [4.69, 9.17) is 16.3 Å². The second-order valence-electron chi connectivity index (χ2n) is 6.83. The van der Waals surface area contributed by atoms with E-state index in [1.165, 1.54) is 12.1 Å². The van der Waals surface area contributed by atoms with Gasteiger partial charge in [0.1, 0.15) is 0 Å². The van der Waals surface area contributed by atoms with Crippen molar-refractivity contribution in [1.29, 1.82) is 0 Å². The molecule has 3 aromatic rings. The predicted octanol–water partition coefficient (Wildman–Crippen LogP) is 3.99. The van der Waals surface area contributed by atoms with Gasteiger partial charge in [0, 0.05) is 5.02 Å². The first-order valence-electron chi connectivity index (χ1n) is 9.35. The summed E-state index contributed by atoms with van der Waals surface area (Å²) in [6.07, 6.45) is 0. The zero-order valence-electron chi connectivity index (χ0n) is 17.0. The van der Waals surface area contributed by atoms with Gasteiger partial charge in [0.2, 0.25) is 0 Å². The summed E-state index contributed by atoms with van der Waals surface area (Å²) in [7, 11) is -7.90. The molecule has 0 aliphatic carbocycles. The summed E-state index contributed by atoms with van der Waals surface area (Å²) in [5, 5.41) is 0.0578. The number of carbonyl (C=O) groups is 1. The Morgan fingerprint density at radius 2 is 1.28 bits per heavy atom. The maximum Gasteiger partial charge on any atom is 0.340 e. The van der Waals surface area contributed by atoms with Gasteiger partial charge in [-0.3, -0.25) is 0 Å². The largest absolute Gasteiger partial charge is 0.465 e. The molecule has 0 N–H and O–H groups in total. The van der Waals surface area contributed by atoms with E-state index in [0.717, 1.165) is 13.2 Å². The molecule has 0 amide bonds. The zero-order valence-corrected chi connectivity index (χ0v) is 19.4. The third kappa shape index (κ3) is 5.48. The number of esters is 1. The second kappa shape index (κ2) is 9.72. The van der Waals surface area contributed by atoms with Gasteiger partial charge in [-0.1, -0.05) is 72.3 Å². The molecule has 32 heavy (non-hydrogen) atoms. The number of benzene rings is 3. The van der Waals surface area contributed by atoms with Crippen molar-refractivity contribution in [3.8, 4) is 0 Å². The molecule has 0 aliphatic rings. The van der Waals surface area contributed by atoms with Crippen LogP contribution in [0.5, 0.6) is 0 Å². The maximum atomic E-state index is 13.5. The highest BCUT2D eigenvalue weighted by atomic mass is 35.5. The number of halogens is 1. The average Bonchev–Trinajstić information content (AvgIpc) is 2.73. The van der Waals surface area contributed by atoms with E-state index >= 15 is 0 Å². The number of rotatable bonds is 8. The van der Waals surface area contributed by atoms with Crippen LogP contribution < -0.4 is 3.71 Å². The summed E-state index contributed by atoms with van der Waals surface area (Å²) in [5.41, 5.74) is 0.129. The molecule has 3 aromatic carbocycles. The Morgan fingerprint density at radius 1 is 0.812 bits per heavy atom. The minimum absolute atomic E-state index is 0.0578. The summed E-state index contributed by atoms with van der Waals surface area (Å²) in [4.78, 5) is 12.3. The van der Waals surface area contributed by atoms with Gasteiger partial charge in [-0.2, -0.15) is 3.71 Å². The van der Waals surface area contributed by atoms with Crippen LogP contribution in [-0.4, -0.2) is 29.9 Å². The van der Waals surface area contributed by atoms with E-state index in [2.05, 4.69) is 0 Å². The highest BCUT2D eigenvalue weighted by Gasteiger charge is 2.37. The molecule has 0 radical (unpaired) electrons. The molecule has 10 heteroatoms. The fourth-order valence-corrected chi connectivity index (χ4v) is 7.33. The minimum Gasteiger partial charge on any atom is -0.465 e. The summed E-state index contributed by atoms with van der Waals surface area (Å²) in [6, 6.07) is 20.0. The molecule has 168 valence electrons. The van der Waals surface area contributed by atoms with E-state index < -0.39 is 43.2 Å². The molecule has 0 bridgehead atoms. The maximum absolute atomic E-state index is 13.5. The van der Waals surface area contributed by atoms with E-state index in [1.807, 2.05) is 0 Å². The van der Waals surface area contributed by atoms with Crippen molar-refractivity contribution in [2.24, 2.45) is 0 Å². The molecule has 0 saturated heterocycles. The average molecular weight is 494 g/mol. The number of anilines is 1. The second-order valence-corrected chi connectivity index (χ2v) is 11.1. The van der Waals surface area contributed by atoms with E-state index in [0.29, 0.717) is 11.1 Å². The lowest BCUT2D eigenvalue weighted by atomic mass is 10.2. The number of hydrogen-bond donors (Lipinski definition) is 0. The Morgan fingerprint density at radius 3 is 1.72 bits per heavy atom. The fraction of sp³-hybridized carbons (Fsp3) is 0.136. The minimum atomic E-state index is -4.51. The van der Waals surface area contributed by atoms with Crippen LogP contribution in [0.1, 0.15) is 21.5 Å². The molecule has 0 unspecified atom stereocenters. The quantitative estimate of drug-likeness (QED) is 0.440. The number of hydrogen-bond acceptors (Lipinski definition) is 6. The molecule has 0 atom stereocenters. The fourth-order valence-electron chi connectivity index (χ4n) is 3.10. The van der Waals surface area contributed by atoms with Gasteiger partial charge in [-0.15, -0.1) is 0 Å². The van der Waals surface area contributed by atoms with Crippen molar-refractivity contribution in [2.75, 3.05) is 10.8 Å². The third-order valence-electron chi connectivity index (χ3n) is 4.45. The first-order chi connectivity index (χ1) is 15.1. The van der Waals surface area contributed by atoms with Gasteiger partial charge in [0.05, 0.1) is 29.9 Å². The SMILES string of the molecule is COC(=O)c1ccc(Cl)cc1N(S(=O)(=O)Cc1ccccc1)S(=O)(=O)Cc1ccccc1. The Kier molecular flexibility index (Phi) is 7.22. The molecule has 0 aromatic heterocycles. The summed E-state index contributed by atoms with van der Waals surface area (Å²) >= 11 is 6.06. The molecule has 0 spiro atoms. The van der Waals surface area contributed by atoms with Crippen LogP contribution in [0, 0.1) is 0 Å². The van der Waals surface area contributed by atoms with Gasteiger partial charge in [-0.05, 0) is 29.3 Å². The predicted molar refractivity (Wildman–Crippen MR) is 123 cm³/mol. The van der Waals surface area contributed by atoms with E-state index in [9.17, 15) is 21.6 Å². The molecule has 0 heterocycles. The Bertz CT molecular complexity index is 1240. The van der Waals surface area contributed by atoms with Crippen molar-refractivity contribution in [2.45, 2.75) is 11.5 Å². The van der Waals surface area contributed by atoms with Gasteiger partial charge >= 0.3 is 5.97 Å². The lowest BCUT2D eigenvalue weighted by molar-refractivity contribution is 0.0602. The van der Waals surface area contributed by atoms with Crippen molar-refractivity contribution >= 4 is 43.3 Å². The van der Waals surface area contributed by atoms with Crippen molar-refractivity contribution in [3.05, 3.63) is 101 Å². The normalized spacial score (nSPS) is 11.7. The van der Waals surface area contributed by atoms with E-state index in [-0.39, 0.29) is 14.3 Å². The smallest absolute Gasteiger partial charge is 0.340 e. The molecule has 3 rings (SSSR count). The standard InChI is InChI=1S/C22H20ClNO6S2/c1-30-22(25)20-13-12-19(23)14-21(20)24(31(26,27)15-17-8-4-2-5-9-17)32(28,29)16-18-10-6-3-7-11-18/h2-14H,15-16H2,1H3. The highest BCUT2D eigenvalue weighted by Crippen LogP contribution is 2.32. The van der Waals surface area contributed by atoms with Gasteiger partial charge < -0.3 is 4.74 Å². The van der Waals surface area contributed by atoms with Crippen LogP contribution in [0.25, 0.3) is 0 Å². The van der Waals surface area contributed by atoms with Crippen LogP contribution in [0.15, 0.2) is 78.9 Å². The number of methoxy groups -OCH3 is 1. The van der Waals surface area contributed by atoms with Crippen molar-refractivity contribution < 1.29 is 26.4 Å². The lowest BCUT2D eigenvalue weighted by Crippen LogP contribution is -2.39. The number of ether oxygens (including phenoxy) is 1. The first-order valence-corrected chi connectivity index (χ1v) is 13.0. The summed E-state index contributed by atoms with van der Waals surface area (Å²) in [5.74, 6) is -2.10. The van der Waals surface area contributed by atoms with Crippen LogP contribution in [0.4, 0.5) is 5.69 Å². The first kappa shape index (κ1) is 23.8. The number of carbonyl (C=O) groups excluding carboxylic acids is 1. The van der Waals surface area contributed by atoms with Gasteiger partial charge in [-0.25, -0.2) is 21.6 Å². The highest BCUT2D eigenvalue weighted by molar-refractivity contribution is 8.09. The van der Waals surface area contributed by atoms with E-state index in [1.54, 1.807) is 60.7 Å². The Balaban J connectivity index is 2.21. The molecule has 7 nitrogen and oxygen atoms in total. The summed E-state index contributed by atoms with van der Waals surface area (Å²) in [6.45, 7) is 0. The molecule has 0 aliphatic heterocycles. The molecule has 0 fully saturated rings. The molecule has 0 saturated carbocycles. The zero-order chi connectivity index (χ0) is 23.4.